The van der Waals surface area contributed by atoms with E-state index in [9.17, 15) is 4.79 Å². The number of ether oxygens (including phenoxy) is 1. The Morgan fingerprint density at radius 3 is 2.71 bits per heavy atom. The summed E-state index contributed by atoms with van der Waals surface area (Å²) in [6, 6.07) is 12.3. The molecule has 0 aliphatic heterocycles. The molecule has 0 fully saturated rings. The van der Waals surface area contributed by atoms with Crippen LogP contribution in [0, 0.1) is 0 Å². The predicted molar refractivity (Wildman–Crippen MR) is 75.8 cm³/mol. The number of nitrogens with zero attached hydrogens (tertiary/aromatic N) is 3. The van der Waals surface area contributed by atoms with Crippen molar-refractivity contribution in [2.75, 3.05) is 0 Å². The Morgan fingerprint density at radius 1 is 1.29 bits per heavy atom. The summed E-state index contributed by atoms with van der Waals surface area (Å²) in [4.78, 5) is 15.2. The van der Waals surface area contributed by atoms with Crippen molar-refractivity contribution < 1.29 is 14.6 Å². The number of aryl methyl sites for hydroxylation is 1. The molecule has 0 saturated heterocycles. The number of aromatic carboxylic acids is 1. The highest BCUT2D eigenvalue weighted by Gasteiger charge is 2.14. The summed E-state index contributed by atoms with van der Waals surface area (Å²) in [7, 11) is 0. The van der Waals surface area contributed by atoms with Gasteiger partial charge in [-0.05, 0) is 18.6 Å². The number of carboxylic acid groups (broad SMARTS) is 1. The van der Waals surface area contributed by atoms with Crippen LogP contribution >= 0.6 is 0 Å². The van der Waals surface area contributed by atoms with Crippen LogP contribution in [-0.4, -0.2) is 25.7 Å². The van der Waals surface area contributed by atoms with Crippen LogP contribution in [-0.2, 0) is 6.42 Å². The summed E-state index contributed by atoms with van der Waals surface area (Å²) in [6.07, 6.45) is 0.733. The van der Waals surface area contributed by atoms with Crippen LogP contribution in [0.2, 0.25) is 0 Å². The second kappa shape index (κ2) is 5.24. The van der Waals surface area contributed by atoms with Crippen molar-refractivity contribution >= 4 is 11.6 Å². The SMILES string of the molecule is CCc1cc2nc(C(=O)O)cc(Oc3ccccc3)n2n1. The number of hydrogen-bond acceptors (Lipinski definition) is 4. The lowest BCUT2D eigenvalue weighted by Crippen LogP contribution is -2.05. The van der Waals surface area contributed by atoms with Gasteiger partial charge in [0.15, 0.2) is 11.3 Å². The molecule has 6 nitrogen and oxygen atoms in total. The fourth-order valence-electron chi connectivity index (χ4n) is 1.96. The van der Waals surface area contributed by atoms with Gasteiger partial charge in [0.2, 0.25) is 5.88 Å². The average molecular weight is 283 g/mol. The number of benzene rings is 1. The first-order valence-electron chi connectivity index (χ1n) is 6.53. The summed E-state index contributed by atoms with van der Waals surface area (Å²) in [6.45, 7) is 1.97. The summed E-state index contributed by atoms with van der Waals surface area (Å²) >= 11 is 0. The maximum Gasteiger partial charge on any atom is 0.354 e. The van der Waals surface area contributed by atoms with E-state index in [4.69, 9.17) is 9.84 Å². The number of para-hydroxylation sites is 1. The lowest BCUT2D eigenvalue weighted by Gasteiger charge is -2.08. The van der Waals surface area contributed by atoms with Crippen molar-refractivity contribution in [3.05, 3.63) is 53.9 Å². The molecular weight excluding hydrogens is 270 g/mol. The van der Waals surface area contributed by atoms with Gasteiger partial charge in [0, 0.05) is 12.1 Å². The molecule has 3 aromatic rings. The van der Waals surface area contributed by atoms with E-state index in [1.165, 1.54) is 10.6 Å². The first kappa shape index (κ1) is 13.1. The van der Waals surface area contributed by atoms with Crippen LogP contribution in [0.25, 0.3) is 5.65 Å². The molecule has 2 aromatic heterocycles. The topological polar surface area (TPSA) is 76.7 Å². The number of hydrogen-bond donors (Lipinski definition) is 1. The Bertz CT molecular complexity index is 797. The minimum absolute atomic E-state index is 0.0732. The smallest absolute Gasteiger partial charge is 0.354 e. The summed E-state index contributed by atoms with van der Waals surface area (Å²) in [5, 5.41) is 13.5. The molecule has 1 aromatic carbocycles. The quantitative estimate of drug-likeness (QED) is 0.796. The molecule has 2 heterocycles. The molecular formula is C15H13N3O3. The van der Waals surface area contributed by atoms with E-state index in [0.717, 1.165) is 12.1 Å². The van der Waals surface area contributed by atoms with Crippen molar-refractivity contribution in [1.82, 2.24) is 14.6 Å². The van der Waals surface area contributed by atoms with Gasteiger partial charge >= 0.3 is 5.97 Å². The van der Waals surface area contributed by atoms with Crippen LogP contribution in [0.3, 0.4) is 0 Å². The number of rotatable bonds is 4. The van der Waals surface area contributed by atoms with Gasteiger partial charge in [-0.25, -0.2) is 9.78 Å². The maximum absolute atomic E-state index is 11.2. The number of aromatic nitrogens is 3. The van der Waals surface area contributed by atoms with Crippen molar-refractivity contribution in [2.45, 2.75) is 13.3 Å². The number of fused-ring (bicyclic) bond motifs is 1. The van der Waals surface area contributed by atoms with Crippen LogP contribution in [0.4, 0.5) is 0 Å². The molecule has 0 aliphatic carbocycles. The first-order chi connectivity index (χ1) is 10.2. The van der Waals surface area contributed by atoms with Crippen molar-refractivity contribution in [1.29, 1.82) is 0 Å². The molecule has 0 spiro atoms. The normalized spacial score (nSPS) is 10.7. The van der Waals surface area contributed by atoms with Gasteiger partial charge in [0.05, 0.1) is 5.69 Å². The monoisotopic (exact) mass is 283 g/mol. The second-order valence-electron chi connectivity index (χ2n) is 4.46. The van der Waals surface area contributed by atoms with Crippen molar-refractivity contribution in [3.8, 4) is 11.6 Å². The van der Waals surface area contributed by atoms with Gasteiger partial charge in [-0.3, -0.25) is 0 Å². The Hall–Kier alpha value is -2.89. The van der Waals surface area contributed by atoms with E-state index in [0.29, 0.717) is 17.3 Å². The fraction of sp³-hybridized carbons (Fsp3) is 0.133. The summed E-state index contributed by atoms with van der Waals surface area (Å²) < 4.78 is 7.25. The average Bonchev–Trinajstić information content (AvgIpc) is 2.91. The molecule has 106 valence electrons. The van der Waals surface area contributed by atoms with E-state index in [1.54, 1.807) is 18.2 Å². The van der Waals surface area contributed by atoms with E-state index in [2.05, 4.69) is 10.1 Å². The molecule has 0 radical (unpaired) electrons. The number of carboxylic acids is 1. The molecule has 0 saturated carbocycles. The summed E-state index contributed by atoms with van der Waals surface area (Å²) in [5.41, 5.74) is 1.21. The third-order valence-corrected chi connectivity index (χ3v) is 2.99. The number of carbonyl (C=O) groups is 1. The van der Waals surface area contributed by atoms with Crippen LogP contribution in [0.5, 0.6) is 11.6 Å². The maximum atomic E-state index is 11.2. The van der Waals surface area contributed by atoms with E-state index < -0.39 is 5.97 Å². The predicted octanol–water partition coefficient (Wildman–Crippen LogP) is 2.78. The third kappa shape index (κ3) is 2.55. The molecule has 0 aliphatic rings. The molecule has 0 unspecified atom stereocenters. The largest absolute Gasteiger partial charge is 0.477 e. The third-order valence-electron chi connectivity index (χ3n) is 2.99. The molecule has 21 heavy (non-hydrogen) atoms. The van der Waals surface area contributed by atoms with Crippen LogP contribution < -0.4 is 4.74 Å². The minimum Gasteiger partial charge on any atom is -0.477 e. The molecule has 3 rings (SSSR count). The molecule has 6 heteroatoms. The lowest BCUT2D eigenvalue weighted by atomic mass is 10.3. The highest BCUT2D eigenvalue weighted by molar-refractivity contribution is 5.86. The highest BCUT2D eigenvalue weighted by Crippen LogP contribution is 2.23. The van der Waals surface area contributed by atoms with Gasteiger partial charge in [0.25, 0.3) is 0 Å². The van der Waals surface area contributed by atoms with Gasteiger partial charge in [0.1, 0.15) is 5.75 Å². The Morgan fingerprint density at radius 2 is 2.05 bits per heavy atom. The summed E-state index contributed by atoms with van der Waals surface area (Å²) in [5.74, 6) is -0.173. The zero-order valence-corrected chi connectivity index (χ0v) is 11.4. The molecule has 0 bridgehead atoms. The highest BCUT2D eigenvalue weighted by atomic mass is 16.5. The Kier molecular flexibility index (Phi) is 3.27. The minimum atomic E-state index is -1.10. The van der Waals surface area contributed by atoms with E-state index in [-0.39, 0.29) is 5.69 Å². The van der Waals surface area contributed by atoms with Gasteiger partial charge < -0.3 is 9.84 Å². The van der Waals surface area contributed by atoms with Crippen molar-refractivity contribution in [2.24, 2.45) is 0 Å². The fourth-order valence-corrected chi connectivity index (χ4v) is 1.96. The van der Waals surface area contributed by atoms with Gasteiger partial charge in [-0.2, -0.15) is 9.61 Å². The molecule has 0 amide bonds. The van der Waals surface area contributed by atoms with Crippen LogP contribution in [0.15, 0.2) is 42.5 Å². The molecule has 1 N–H and O–H groups in total. The van der Waals surface area contributed by atoms with Gasteiger partial charge in [-0.1, -0.05) is 25.1 Å². The Balaban J connectivity index is 2.14. The first-order valence-corrected chi connectivity index (χ1v) is 6.53. The lowest BCUT2D eigenvalue weighted by molar-refractivity contribution is 0.0690. The zero-order valence-electron chi connectivity index (χ0n) is 11.4. The Labute approximate surface area is 120 Å². The van der Waals surface area contributed by atoms with E-state index >= 15 is 0 Å². The molecule has 0 atom stereocenters. The van der Waals surface area contributed by atoms with E-state index in [1.807, 2.05) is 25.1 Å². The zero-order chi connectivity index (χ0) is 14.8. The second-order valence-corrected chi connectivity index (χ2v) is 4.46. The van der Waals surface area contributed by atoms with Crippen LogP contribution in [0.1, 0.15) is 23.1 Å². The standard InChI is InChI=1S/C15H13N3O3/c1-2-10-8-13-16-12(15(19)20)9-14(18(13)17-10)21-11-6-4-3-5-7-11/h3-9H,2H2,1H3,(H,19,20). The van der Waals surface area contributed by atoms with Crippen molar-refractivity contribution in [3.63, 3.8) is 0 Å². The van der Waals surface area contributed by atoms with Gasteiger partial charge in [-0.15, -0.1) is 0 Å².